The number of hydrogen-bond donors (Lipinski definition) is 1. The third kappa shape index (κ3) is 1.93. The van der Waals surface area contributed by atoms with Gasteiger partial charge in [0, 0.05) is 10.6 Å². The number of rotatable bonds is 1. The Hall–Kier alpha value is -1.000. The molecular weight excluding hydrogens is 319 g/mol. The van der Waals surface area contributed by atoms with Crippen LogP contribution in [0.2, 0.25) is 5.02 Å². The molecule has 0 saturated heterocycles. The van der Waals surface area contributed by atoms with Crippen molar-refractivity contribution in [2.75, 3.05) is 5.01 Å². The topological polar surface area (TPSA) is 15.3 Å². The van der Waals surface area contributed by atoms with Crippen molar-refractivity contribution in [2.45, 2.75) is 19.3 Å². The SMILES string of the molecule is Fc1cc(Cl)ccc1N1NC2=CCCCC2=C1Br. The lowest BCUT2D eigenvalue weighted by Gasteiger charge is -2.20. The second kappa shape index (κ2) is 4.59. The number of hydrogen-bond acceptors (Lipinski definition) is 2. The molecule has 1 aromatic carbocycles. The summed E-state index contributed by atoms with van der Waals surface area (Å²) >= 11 is 9.31. The Morgan fingerprint density at radius 3 is 2.94 bits per heavy atom. The van der Waals surface area contributed by atoms with E-state index < -0.39 is 0 Å². The second-order valence-electron chi connectivity index (χ2n) is 4.32. The molecule has 1 N–H and O–H groups in total. The number of anilines is 1. The monoisotopic (exact) mass is 328 g/mol. The molecule has 0 atom stereocenters. The van der Waals surface area contributed by atoms with Crippen molar-refractivity contribution in [3.63, 3.8) is 0 Å². The average Bonchev–Trinajstić information content (AvgIpc) is 2.68. The van der Waals surface area contributed by atoms with Gasteiger partial charge in [0.15, 0.2) is 0 Å². The Kier molecular flexibility index (Phi) is 3.08. The summed E-state index contributed by atoms with van der Waals surface area (Å²) in [5.41, 5.74) is 5.95. The normalized spacial score (nSPS) is 18.6. The van der Waals surface area contributed by atoms with Crippen molar-refractivity contribution >= 4 is 33.2 Å². The molecule has 0 saturated carbocycles. The molecule has 0 bridgehead atoms. The van der Waals surface area contributed by atoms with Gasteiger partial charge in [0.2, 0.25) is 0 Å². The lowest BCUT2D eigenvalue weighted by molar-refractivity contribution is 0.621. The first-order valence-corrected chi connectivity index (χ1v) is 6.95. The van der Waals surface area contributed by atoms with Gasteiger partial charge in [-0.25, -0.2) is 9.40 Å². The predicted molar refractivity (Wildman–Crippen MR) is 74.9 cm³/mol. The fourth-order valence-electron chi connectivity index (χ4n) is 2.24. The number of fused-ring (bicyclic) bond motifs is 1. The largest absolute Gasteiger partial charge is 0.293 e. The van der Waals surface area contributed by atoms with E-state index in [0.29, 0.717) is 10.7 Å². The molecule has 0 unspecified atom stereocenters. The smallest absolute Gasteiger partial charge is 0.150 e. The Bertz CT molecular complexity index is 568. The average molecular weight is 330 g/mol. The van der Waals surface area contributed by atoms with Gasteiger partial charge in [0.1, 0.15) is 10.4 Å². The molecule has 2 aliphatic rings. The Morgan fingerprint density at radius 2 is 2.22 bits per heavy atom. The molecule has 0 aromatic heterocycles. The molecule has 0 amide bonds. The quantitative estimate of drug-likeness (QED) is 0.764. The molecule has 1 aliphatic heterocycles. The van der Waals surface area contributed by atoms with E-state index in [9.17, 15) is 4.39 Å². The molecule has 0 fully saturated rings. The van der Waals surface area contributed by atoms with Crippen LogP contribution in [-0.4, -0.2) is 0 Å². The van der Waals surface area contributed by atoms with E-state index in [1.54, 1.807) is 17.1 Å². The van der Waals surface area contributed by atoms with E-state index in [2.05, 4.69) is 27.4 Å². The molecule has 1 aliphatic carbocycles. The maximum Gasteiger partial charge on any atom is 0.150 e. The van der Waals surface area contributed by atoms with Gasteiger partial charge < -0.3 is 0 Å². The summed E-state index contributed by atoms with van der Waals surface area (Å²) in [6, 6.07) is 4.67. The highest BCUT2D eigenvalue weighted by Crippen LogP contribution is 2.38. The molecule has 1 heterocycles. The highest BCUT2D eigenvalue weighted by atomic mass is 79.9. The minimum atomic E-state index is -0.341. The van der Waals surface area contributed by atoms with E-state index >= 15 is 0 Å². The molecule has 94 valence electrons. The molecule has 0 spiro atoms. The minimum Gasteiger partial charge on any atom is -0.293 e. The van der Waals surface area contributed by atoms with E-state index in [1.807, 2.05) is 0 Å². The van der Waals surface area contributed by atoms with Gasteiger partial charge in [0.05, 0.1) is 11.4 Å². The molecule has 18 heavy (non-hydrogen) atoms. The Balaban J connectivity index is 2.02. The van der Waals surface area contributed by atoms with E-state index in [1.165, 1.54) is 11.6 Å². The summed E-state index contributed by atoms with van der Waals surface area (Å²) in [7, 11) is 0. The van der Waals surface area contributed by atoms with Gasteiger partial charge in [-0.05, 0) is 53.4 Å². The van der Waals surface area contributed by atoms with Gasteiger partial charge in [-0.2, -0.15) is 0 Å². The maximum atomic E-state index is 13.9. The molecule has 2 nitrogen and oxygen atoms in total. The predicted octanol–water partition coefficient (Wildman–Crippen LogP) is 4.48. The minimum absolute atomic E-state index is 0.341. The molecule has 1 aromatic rings. The molecular formula is C13H11BrClFN2. The summed E-state index contributed by atoms with van der Waals surface area (Å²) in [6.07, 6.45) is 5.34. The summed E-state index contributed by atoms with van der Waals surface area (Å²) in [5.74, 6) is -0.341. The fourth-order valence-corrected chi connectivity index (χ4v) is 3.09. The summed E-state index contributed by atoms with van der Waals surface area (Å²) in [4.78, 5) is 0. The van der Waals surface area contributed by atoms with Crippen LogP contribution in [0.4, 0.5) is 10.1 Å². The third-order valence-corrected chi connectivity index (χ3v) is 4.20. The van der Waals surface area contributed by atoms with Gasteiger partial charge in [-0.3, -0.25) is 5.43 Å². The zero-order chi connectivity index (χ0) is 12.7. The summed E-state index contributed by atoms with van der Waals surface area (Å²) in [6.45, 7) is 0. The Labute approximate surface area is 118 Å². The first-order valence-electron chi connectivity index (χ1n) is 5.78. The van der Waals surface area contributed by atoms with Crippen LogP contribution in [-0.2, 0) is 0 Å². The van der Waals surface area contributed by atoms with Crippen LogP contribution in [0.1, 0.15) is 19.3 Å². The number of benzene rings is 1. The van der Waals surface area contributed by atoms with Crippen LogP contribution in [0.5, 0.6) is 0 Å². The first kappa shape index (κ1) is 12.1. The van der Waals surface area contributed by atoms with Crippen LogP contribution >= 0.6 is 27.5 Å². The summed E-state index contributed by atoms with van der Waals surface area (Å²) in [5, 5.41) is 2.12. The standard InChI is InChI=1S/C13H11BrClFN2/c14-13-9-3-1-2-4-11(9)17-18(13)12-6-5-8(15)7-10(12)16/h4-7,17H,1-3H2. The molecule has 0 radical (unpaired) electrons. The van der Waals surface area contributed by atoms with Crippen molar-refractivity contribution < 1.29 is 4.39 Å². The van der Waals surface area contributed by atoms with E-state index in [4.69, 9.17) is 11.6 Å². The van der Waals surface area contributed by atoms with Gasteiger partial charge in [-0.1, -0.05) is 17.7 Å². The summed E-state index contributed by atoms with van der Waals surface area (Å²) < 4.78 is 14.8. The van der Waals surface area contributed by atoms with E-state index in [0.717, 1.165) is 29.6 Å². The zero-order valence-electron chi connectivity index (χ0n) is 9.51. The van der Waals surface area contributed by atoms with Gasteiger partial charge >= 0.3 is 0 Å². The highest BCUT2D eigenvalue weighted by Gasteiger charge is 2.28. The van der Waals surface area contributed by atoms with Crippen molar-refractivity contribution in [2.24, 2.45) is 0 Å². The van der Waals surface area contributed by atoms with Crippen LogP contribution in [0, 0.1) is 5.82 Å². The number of nitrogens with zero attached hydrogens (tertiary/aromatic N) is 1. The second-order valence-corrected chi connectivity index (χ2v) is 5.51. The number of allylic oxidation sites excluding steroid dienone is 2. The van der Waals surface area contributed by atoms with Crippen LogP contribution < -0.4 is 10.4 Å². The van der Waals surface area contributed by atoms with Crippen molar-refractivity contribution in [3.8, 4) is 0 Å². The van der Waals surface area contributed by atoms with Crippen LogP contribution in [0.3, 0.4) is 0 Å². The van der Waals surface area contributed by atoms with Gasteiger partial charge in [-0.15, -0.1) is 0 Å². The molecule has 5 heteroatoms. The fraction of sp³-hybridized carbons (Fsp3) is 0.231. The van der Waals surface area contributed by atoms with Crippen LogP contribution in [0.25, 0.3) is 0 Å². The lowest BCUT2D eigenvalue weighted by atomic mass is 10.0. The zero-order valence-corrected chi connectivity index (χ0v) is 11.9. The number of hydrazine groups is 1. The van der Waals surface area contributed by atoms with Gasteiger partial charge in [0.25, 0.3) is 0 Å². The van der Waals surface area contributed by atoms with Crippen molar-refractivity contribution in [1.29, 1.82) is 0 Å². The first-order chi connectivity index (χ1) is 8.66. The maximum absolute atomic E-state index is 13.9. The highest BCUT2D eigenvalue weighted by molar-refractivity contribution is 9.11. The lowest BCUT2D eigenvalue weighted by Crippen LogP contribution is -2.30. The Morgan fingerprint density at radius 1 is 1.39 bits per heavy atom. The van der Waals surface area contributed by atoms with Crippen molar-refractivity contribution in [3.05, 3.63) is 51.0 Å². The number of halogens is 3. The molecule has 3 rings (SSSR count). The number of nitrogens with one attached hydrogen (secondary N) is 1. The van der Waals surface area contributed by atoms with Crippen molar-refractivity contribution in [1.82, 2.24) is 5.43 Å². The van der Waals surface area contributed by atoms with E-state index in [-0.39, 0.29) is 5.82 Å². The third-order valence-electron chi connectivity index (χ3n) is 3.13. The van der Waals surface area contributed by atoms with Crippen LogP contribution in [0.15, 0.2) is 40.2 Å².